The maximum Gasteiger partial charge on any atom is 0.197 e. The van der Waals surface area contributed by atoms with E-state index in [4.69, 9.17) is 14.5 Å². The second kappa shape index (κ2) is 8.32. The van der Waals surface area contributed by atoms with E-state index in [1.165, 1.54) is 23.4 Å². The molecular weight excluding hydrogens is 448 g/mol. The summed E-state index contributed by atoms with van der Waals surface area (Å²) in [4.78, 5) is 17.0. The number of nitrogens with one attached hydrogen (secondary N) is 1. The first-order valence-electron chi connectivity index (χ1n) is 12.1. The molecule has 34 heavy (non-hydrogen) atoms. The molecule has 0 saturated carbocycles. The largest absolute Gasteiger partial charge is 0.493 e. The average molecular weight is 481 g/mol. The van der Waals surface area contributed by atoms with Gasteiger partial charge in [-0.25, -0.2) is 14.5 Å². The van der Waals surface area contributed by atoms with E-state index in [9.17, 15) is 0 Å². The molecule has 8 nitrogen and oxygen atoms in total. The Kier molecular flexibility index (Phi) is 5.38. The topological polar surface area (TPSA) is 80.6 Å². The second-order valence-electron chi connectivity index (χ2n) is 10.5. The molecule has 6 rings (SSSR count). The highest BCUT2D eigenvalue weighted by molar-refractivity contribution is 7.18. The van der Waals surface area contributed by atoms with Gasteiger partial charge in [0, 0.05) is 35.2 Å². The minimum atomic E-state index is 0.337. The van der Waals surface area contributed by atoms with Crippen LogP contribution in [-0.4, -0.2) is 69.4 Å². The van der Waals surface area contributed by atoms with Crippen molar-refractivity contribution in [1.82, 2.24) is 29.5 Å². The Labute approximate surface area is 203 Å². The molecule has 2 aliphatic heterocycles. The zero-order valence-corrected chi connectivity index (χ0v) is 21.1. The molecule has 2 saturated heterocycles. The van der Waals surface area contributed by atoms with Crippen LogP contribution in [0.3, 0.4) is 0 Å². The predicted molar refractivity (Wildman–Crippen MR) is 134 cm³/mol. The van der Waals surface area contributed by atoms with Gasteiger partial charge in [-0.2, -0.15) is 5.10 Å². The Hall–Kier alpha value is -2.49. The number of aromatic nitrogens is 5. The number of thiazole rings is 1. The summed E-state index contributed by atoms with van der Waals surface area (Å²) in [6.45, 7) is 12.1. The molecule has 180 valence electrons. The lowest BCUT2D eigenvalue weighted by Gasteiger charge is -2.43. The van der Waals surface area contributed by atoms with E-state index in [1.807, 2.05) is 23.6 Å². The second-order valence-corrected chi connectivity index (χ2v) is 11.5. The lowest BCUT2D eigenvalue weighted by atomic mass is 9.86. The van der Waals surface area contributed by atoms with E-state index in [0.29, 0.717) is 23.0 Å². The molecule has 9 heteroatoms. The Bertz CT molecular complexity index is 1330. The number of methoxy groups -OCH3 is 1. The SMILES string of the molecule is COc1cc(-c2[nH]c3sc(C4CCN(CC5(C)COC5)CC4)nc3c2C(C)C)cn2ncnc12. The molecule has 0 unspecified atom stereocenters. The van der Waals surface area contributed by atoms with Crippen molar-refractivity contribution in [2.45, 2.75) is 45.4 Å². The molecule has 6 heterocycles. The van der Waals surface area contributed by atoms with E-state index in [0.717, 1.165) is 60.1 Å². The number of hydrogen-bond acceptors (Lipinski definition) is 7. The molecule has 2 aliphatic rings. The normalized spacial score (nSPS) is 19.3. The minimum absolute atomic E-state index is 0.337. The van der Waals surface area contributed by atoms with Crippen molar-refractivity contribution in [3.63, 3.8) is 0 Å². The minimum Gasteiger partial charge on any atom is -0.493 e. The standard InChI is InChI=1S/C25H32N6O2S/c1-15(2)19-20(17-9-18(32-4)22-26-14-27-31(22)10-17)28-24-21(19)29-23(34-24)16-5-7-30(8-6-16)11-25(3)12-33-13-25/h9-10,14-16,28H,5-8,11-13H2,1-4H3. The molecule has 0 aromatic carbocycles. The third-order valence-electron chi connectivity index (χ3n) is 7.28. The number of aromatic amines is 1. The van der Waals surface area contributed by atoms with E-state index in [2.05, 4.69) is 40.7 Å². The molecule has 0 spiro atoms. The number of H-pyrrole nitrogens is 1. The van der Waals surface area contributed by atoms with Crippen molar-refractivity contribution in [3.05, 3.63) is 29.2 Å². The number of piperidine rings is 1. The van der Waals surface area contributed by atoms with Crippen LogP contribution in [-0.2, 0) is 4.74 Å². The third kappa shape index (κ3) is 3.70. The maximum absolute atomic E-state index is 5.59. The van der Waals surface area contributed by atoms with Crippen LogP contribution in [0.4, 0.5) is 0 Å². The fraction of sp³-hybridized carbons (Fsp3) is 0.560. The van der Waals surface area contributed by atoms with Gasteiger partial charge in [-0.15, -0.1) is 11.3 Å². The number of hydrogen-bond donors (Lipinski definition) is 1. The van der Waals surface area contributed by atoms with Gasteiger partial charge in [0.05, 0.1) is 31.0 Å². The quantitative estimate of drug-likeness (QED) is 0.432. The van der Waals surface area contributed by atoms with E-state index < -0.39 is 0 Å². The first kappa shape index (κ1) is 22.0. The van der Waals surface area contributed by atoms with E-state index in [-0.39, 0.29) is 0 Å². The molecule has 0 aliphatic carbocycles. The van der Waals surface area contributed by atoms with Crippen molar-refractivity contribution < 1.29 is 9.47 Å². The molecule has 0 amide bonds. The van der Waals surface area contributed by atoms with Gasteiger partial charge in [0.15, 0.2) is 11.4 Å². The molecular formula is C25H32N6O2S. The Morgan fingerprint density at radius 2 is 2.09 bits per heavy atom. The van der Waals surface area contributed by atoms with Crippen LogP contribution in [0.15, 0.2) is 18.6 Å². The number of likely N-dealkylation sites (tertiary alicyclic amines) is 1. The van der Waals surface area contributed by atoms with Crippen LogP contribution in [0.25, 0.3) is 27.3 Å². The van der Waals surface area contributed by atoms with Crippen LogP contribution in [0.5, 0.6) is 5.75 Å². The molecule has 0 bridgehead atoms. The lowest BCUT2D eigenvalue weighted by molar-refractivity contribution is -0.116. The van der Waals surface area contributed by atoms with Crippen molar-refractivity contribution in [3.8, 4) is 17.0 Å². The third-order valence-corrected chi connectivity index (χ3v) is 8.41. The number of pyridine rings is 1. The van der Waals surface area contributed by atoms with Gasteiger partial charge in [-0.3, -0.25) is 0 Å². The van der Waals surface area contributed by atoms with Crippen molar-refractivity contribution in [1.29, 1.82) is 0 Å². The number of fused-ring (bicyclic) bond motifs is 2. The highest BCUT2D eigenvalue weighted by Gasteiger charge is 2.36. The monoisotopic (exact) mass is 480 g/mol. The maximum atomic E-state index is 5.59. The lowest BCUT2D eigenvalue weighted by Crippen LogP contribution is -2.50. The van der Waals surface area contributed by atoms with Gasteiger partial charge in [0.2, 0.25) is 0 Å². The number of rotatable bonds is 6. The Morgan fingerprint density at radius 1 is 1.29 bits per heavy atom. The van der Waals surface area contributed by atoms with Crippen LogP contribution >= 0.6 is 11.3 Å². The summed E-state index contributed by atoms with van der Waals surface area (Å²) >= 11 is 1.82. The van der Waals surface area contributed by atoms with Crippen LogP contribution in [0, 0.1) is 5.41 Å². The zero-order valence-electron chi connectivity index (χ0n) is 20.3. The predicted octanol–water partition coefficient (Wildman–Crippen LogP) is 4.68. The molecule has 0 radical (unpaired) electrons. The molecule has 1 N–H and O–H groups in total. The number of ether oxygens (including phenoxy) is 2. The van der Waals surface area contributed by atoms with Crippen LogP contribution in [0.1, 0.15) is 56.0 Å². The van der Waals surface area contributed by atoms with E-state index >= 15 is 0 Å². The average Bonchev–Trinajstić information content (AvgIpc) is 3.51. The van der Waals surface area contributed by atoms with Gasteiger partial charge in [0.1, 0.15) is 16.7 Å². The molecule has 0 atom stereocenters. The summed E-state index contributed by atoms with van der Waals surface area (Å²) in [6, 6.07) is 2.04. The van der Waals surface area contributed by atoms with Crippen molar-refractivity contribution >= 4 is 27.3 Å². The van der Waals surface area contributed by atoms with Gasteiger partial charge in [-0.1, -0.05) is 20.8 Å². The van der Waals surface area contributed by atoms with E-state index in [1.54, 1.807) is 18.0 Å². The van der Waals surface area contributed by atoms with Crippen LogP contribution < -0.4 is 4.74 Å². The fourth-order valence-corrected chi connectivity index (χ4v) is 6.62. The van der Waals surface area contributed by atoms with Gasteiger partial charge in [-0.05, 0) is 37.9 Å². The first-order valence-corrected chi connectivity index (χ1v) is 13.0. The molecule has 4 aromatic heterocycles. The number of nitrogens with zero attached hydrogens (tertiary/aromatic N) is 5. The summed E-state index contributed by atoms with van der Waals surface area (Å²) in [6.07, 6.45) is 5.92. The summed E-state index contributed by atoms with van der Waals surface area (Å²) in [5.41, 5.74) is 5.57. The molecule has 4 aromatic rings. The van der Waals surface area contributed by atoms with Crippen molar-refractivity contribution in [2.24, 2.45) is 5.41 Å². The highest BCUT2D eigenvalue weighted by Crippen LogP contribution is 2.42. The fourth-order valence-electron chi connectivity index (χ4n) is 5.47. The summed E-state index contributed by atoms with van der Waals surface area (Å²) < 4.78 is 12.8. The Morgan fingerprint density at radius 3 is 2.76 bits per heavy atom. The summed E-state index contributed by atoms with van der Waals surface area (Å²) in [5, 5.41) is 5.60. The Balaban J connectivity index is 1.28. The smallest absolute Gasteiger partial charge is 0.197 e. The van der Waals surface area contributed by atoms with Gasteiger partial charge < -0.3 is 19.4 Å². The summed E-state index contributed by atoms with van der Waals surface area (Å²) in [7, 11) is 1.67. The van der Waals surface area contributed by atoms with Gasteiger partial charge >= 0.3 is 0 Å². The van der Waals surface area contributed by atoms with Crippen molar-refractivity contribution in [2.75, 3.05) is 40.0 Å². The first-order chi connectivity index (χ1) is 16.4. The zero-order chi connectivity index (χ0) is 23.4. The van der Waals surface area contributed by atoms with Crippen LogP contribution in [0.2, 0.25) is 0 Å². The molecule has 2 fully saturated rings. The highest BCUT2D eigenvalue weighted by atomic mass is 32.1. The van der Waals surface area contributed by atoms with Gasteiger partial charge in [0.25, 0.3) is 0 Å². The summed E-state index contributed by atoms with van der Waals surface area (Å²) in [5.74, 6) is 1.59.